The molecule has 1 aromatic rings. The summed E-state index contributed by atoms with van der Waals surface area (Å²) in [7, 11) is 0. The summed E-state index contributed by atoms with van der Waals surface area (Å²) < 4.78 is 0. The lowest BCUT2D eigenvalue weighted by atomic mass is 10.2. The van der Waals surface area contributed by atoms with Crippen molar-refractivity contribution in [3.8, 4) is 6.07 Å². The molecule has 1 amide bonds. The van der Waals surface area contributed by atoms with Gasteiger partial charge in [-0.25, -0.2) is 0 Å². The van der Waals surface area contributed by atoms with E-state index in [4.69, 9.17) is 5.26 Å². The first-order valence-electron chi connectivity index (χ1n) is 3.43. The average molecular weight is 180 g/mol. The third-order valence-corrected chi connectivity index (χ3v) is 2.29. The van der Waals surface area contributed by atoms with Crippen LogP contribution in [0.4, 0.5) is 0 Å². The number of carbonyl (C=O) groups is 1. The van der Waals surface area contributed by atoms with Gasteiger partial charge < -0.3 is 5.32 Å². The summed E-state index contributed by atoms with van der Waals surface area (Å²) in [6.07, 6.45) is 0. The Morgan fingerprint density at radius 3 is 3.00 bits per heavy atom. The van der Waals surface area contributed by atoms with Crippen molar-refractivity contribution in [3.05, 3.63) is 21.9 Å². The minimum absolute atomic E-state index is 0.0636. The average Bonchev–Trinajstić information content (AvgIpc) is 2.47. The molecule has 3 nitrogen and oxygen atoms in total. The highest BCUT2D eigenvalue weighted by Crippen LogP contribution is 2.12. The Morgan fingerprint density at radius 1 is 1.75 bits per heavy atom. The predicted octanol–water partition coefficient (Wildman–Crippen LogP) is 1.31. The summed E-state index contributed by atoms with van der Waals surface area (Å²) in [4.78, 5) is 11.2. The van der Waals surface area contributed by atoms with E-state index in [0.29, 0.717) is 5.56 Å². The fourth-order valence-corrected chi connectivity index (χ4v) is 1.64. The normalized spacial score (nSPS) is 9.00. The minimum Gasteiger partial charge on any atom is -0.339 e. The predicted molar refractivity (Wildman–Crippen MR) is 47.0 cm³/mol. The number of rotatable bonds is 2. The number of hydrogen-bond acceptors (Lipinski definition) is 3. The van der Waals surface area contributed by atoms with E-state index in [0.717, 1.165) is 5.56 Å². The lowest BCUT2D eigenvalue weighted by Crippen LogP contribution is -2.23. The van der Waals surface area contributed by atoms with Crippen molar-refractivity contribution in [2.45, 2.75) is 6.92 Å². The maximum atomic E-state index is 11.2. The van der Waals surface area contributed by atoms with E-state index in [1.807, 2.05) is 18.4 Å². The third kappa shape index (κ3) is 1.83. The van der Waals surface area contributed by atoms with Crippen molar-refractivity contribution in [3.63, 3.8) is 0 Å². The molecular weight excluding hydrogens is 172 g/mol. The van der Waals surface area contributed by atoms with E-state index in [1.165, 1.54) is 11.3 Å². The van der Waals surface area contributed by atoms with E-state index >= 15 is 0 Å². The molecule has 1 heterocycles. The van der Waals surface area contributed by atoms with Gasteiger partial charge in [-0.2, -0.15) is 16.6 Å². The standard InChI is InChI=1S/C8H8N2OS/c1-6-4-12-5-7(6)8(11)10-3-2-9/h4-5H,3H2,1H3,(H,10,11). The molecule has 0 aliphatic heterocycles. The molecule has 12 heavy (non-hydrogen) atoms. The zero-order chi connectivity index (χ0) is 8.97. The molecule has 1 N–H and O–H groups in total. The van der Waals surface area contributed by atoms with E-state index < -0.39 is 0 Å². The van der Waals surface area contributed by atoms with Crippen LogP contribution in [0, 0.1) is 18.3 Å². The molecule has 0 saturated heterocycles. The number of carbonyl (C=O) groups excluding carboxylic acids is 1. The van der Waals surface area contributed by atoms with Crippen molar-refractivity contribution in [1.29, 1.82) is 5.26 Å². The van der Waals surface area contributed by atoms with Crippen LogP contribution in [-0.4, -0.2) is 12.5 Å². The molecule has 62 valence electrons. The monoisotopic (exact) mass is 180 g/mol. The van der Waals surface area contributed by atoms with Crippen LogP contribution in [0.3, 0.4) is 0 Å². The molecule has 0 saturated carbocycles. The first kappa shape index (κ1) is 8.75. The maximum Gasteiger partial charge on any atom is 0.253 e. The molecule has 1 aromatic heterocycles. The molecule has 0 unspecified atom stereocenters. The fourth-order valence-electron chi connectivity index (χ4n) is 0.808. The van der Waals surface area contributed by atoms with Crippen molar-refractivity contribution >= 4 is 17.2 Å². The van der Waals surface area contributed by atoms with Crippen LogP contribution in [0.15, 0.2) is 10.8 Å². The van der Waals surface area contributed by atoms with Gasteiger partial charge >= 0.3 is 0 Å². The van der Waals surface area contributed by atoms with Crippen molar-refractivity contribution in [1.82, 2.24) is 5.32 Å². The Labute approximate surface area is 74.6 Å². The Morgan fingerprint density at radius 2 is 2.50 bits per heavy atom. The van der Waals surface area contributed by atoms with Gasteiger partial charge in [0.05, 0.1) is 11.6 Å². The summed E-state index contributed by atoms with van der Waals surface area (Å²) in [5, 5.41) is 14.4. The van der Waals surface area contributed by atoms with Gasteiger partial charge in [0.1, 0.15) is 6.54 Å². The van der Waals surface area contributed by atoms with Gasteiger partial charge in [-0.05, 0) is 17.9 Å². The van der Waals surface area contributed by atoms with Crippen LogP contribution >= 0.6 is 11.3 Å². The van der Waals surface area contributed by atoms with Gasteiger partial charge in [-0.1, -0.05) is 0 Å². The highest BCUT2D eigenvalue weighted by Gasteiger charge is 2.07. The quantitative estimate of drug-likeness (QED) is 0.697. The van der Waals surface area contributed by atoms with Crippen molar-refractivity contribution in [2.75, 3.05) is 6.54 Å². The Kier molecular flexibility index (Phi) is 2.83. The van der Waals surface area contributed by atoms with E-state index in [1.54, 1.807) is 5.38 Å². The van der Waals surface area contributed by atoms with Crippen LogP contribution in [0.2, 0.25) is 0 Å². The van der Waals surface area contributed by atoms with Crippen LogP contribution in [0.1, 0.15) is 15.9 Å². The zero-order valence-electron chi connectivity index (χ0n) is 6.63. The lowest BCUT2D eigenvalue weighted by molar-refractivity contribution is 0.0958. The summed E-state index contributed by atoms with van der Waals surface area (Å²) in [6, 6.07) is 1.85. The first-order valence-corrected chi connectivity index (χ1v) is 4.38. The summed E-state index contributed by atoms with van der Waals surface area (Å²) in [5.41, 5.74) is 1.62. The lowest BCUT2D eigenvalue weighted by Gasteiger charge is -1.98. The molecule has 0 atom stereocenters. The number of amides is 1. The molecule has 0 radical (unpaired) electrons. The fraction of sp³-hybridized carbons (Fsp3) is 0.250. The molecule has 0 aromatic carbocycles. The molecule has 0 aliphatic rings. The molecule has 1 rings (SSSR count). The maximum absolute atomic E-state index is 11.2. The molecule has 0 bridgehead atoms. The second kappa shape index (κ2) is 3.88. The number of thiophene rings is 1. The molecular formula is C8H8N2OS. The number of nitrogens with one attached hydrogen (secondary N) is 1. The summed E-state index contributed by atoms with van der Waals surface area (Å²) in [6.45, 7) is 1.94. The van der Waals surface area contributed by atoms with Crippen LogP contribution in [0.25, 0.3) is 0 Å². The largest absolute Gasteiger partial charge is 0.339 e. The van der Waals surface area contributed by atoms with E-state index in [2.05, 4.69) is 5.32 Å². The minimum atomic E-state index is -0.171. The van der Waals surface area contributed by atoms with Crippen LogP contribution in [0.5, 0.6) is 0 Å². The molecule has 0 fully saturated rings. The molecule has 0 aliphatic carbocycles. The SMILES string of the molecule is Cc1cscc1C(=O)NCC#N. The number of nitriles is 1. The van der Waals surface area contributed by atoms with Crippen molar-refractivity contribution in [2.24, 2.45) is 0 Å². The summed E-state index contributed by atoms with van der Waals surface area (Å²) >= 11 is 1.48. The molecule has 4 heteroatoms. The third-order valence-electron chi connectivity index (χ3n) is 1.43. The highest BCUT2D eigenvalue weighted by molar-refractivity contribution is 7.08. The molecule has 0 spiro atoms. The number of aryl methyl sites for hydroxylation is 1. The van der Waals surface area contributed by atoms with Gasteiger partial charge in [0, 0.05) is 5.38 Å². The Hall–Kier alpha value is -1.34. The van der Waals surface area contributed by atoms with E-state index in [-0.39, 0.29) is 12.5 Å². The zero-order valence-corrected chi connectivity index (χ0v) is 7.44. The van der Waals surface area contributed by atoms with Gasteiger partial charge in [-0.3, -0.25) is 4.79 Å². The Bertz CT molecular complexity index is 324. The summed E-state index contributed by atoms with van der Waals surface area (Å²) in [5.74, 6) is -0.171. The number of hydrogen-bond donors (Lipinski definition) is 1. The second-order valence-corrected chi connectivity index (χ2v) is 3.05. The highest BCUT2D eigenvalue weighted by atomic mass is 32.1. The van der Waals surface area contributed by atoms with Gasteiger partial charge in [-0.15, -0.1) is 0 Å². The second-order valence-electron chi connectivity index (χ2n) is 2.31. The van der Waals surface area contributed by atoms with E-state index in [9.17, 15) is 4.79 Å². The van der Waals surface area contributed by atoms with Gasteiger partial charge in [0.25, 0.3) is 5.91 Å². The van der Waals surface area contributed by atoms with Crippen molar-refractivity contribution < 1.29 is 4.79 Å². The van der Waals surface area contributed by atoms with Crippen LogP contribution < -0.4 is 5.32 Å². The Balaban J connectivity index is 2.67. The van der Waals surface area contributed by atoms with Gasteiger partial charge in [0.2, 0.25) is 0 Å². The smallest absolute Gasteiger partial charge is 0.253 e. The first-order chi connectivity index (χ1) is 5.75. The van der Waals surface area contributed by atoms with Gasteiger partial charge in [0.15, 0.2) is 0 Å². The van der Waals surface area contributed by atoms with Crippen LogP contribution in [-0.2, 0) is 0 Å². The topological polar surface area (TPSA) is 52.9 Å². The number of nitrogens with zero attached hydrogens (tertiary/aromatic N) is 1.